The van der Waals surface area contributed by atoms with Gasteiger partial charge in [-0.2, -0.15) is 0 Å². The van der Waals surface area contributed by atoms with Gasteiger partial charge < -0.3 is 5.73 Å². The molecule has 0 spiro atoms. The minimum absolute atomic E-state index is 0.154. The third kappa shape index (κ3) is 2.07. The molecule has 1 aromatic rings. The van der Waals surface area contributed by atoms with Crippen LogP contribution in [0.3, 0.4) is 0 Å². The summed E-state index contributed by atoms with van der Waals surface area (Å²) in [7, 11) is 0. The summed E-state index contributed by atoms with van der Waals surface area (Å²) in [6.45, 7) is 1.72. The first-order valence-corrected chi connectivity index (χ1v) is 4.30. The van der Waals surface area contributed by atoms with Crippen LogP contribution in [-0.2, 0) is 4.79 Å². The van der Waals surface area contributed by atoms with Crippen LogP contribution in [0.5, 0.6) is 0 Å². The number of nitrogens with two attached hydrogens (primary N) is 1. The second kappa shape index (κ2) is 4.17. The zero-order chi connectivity index (χ0) is 10.7. The molecule has 0 aliphatic rings. The van der Waals surface area contributed by atoms with Crippen LogP contribution in [0.25, 0.3) is 0 Å². The molecular formula is C10H11F2NO. The van der Waals surface area contributed by atoms with E-state index in [0.29, 0.717) is 6.42 Å². The van der Waals surface area contributed by atoms with E-state index < -0.39 is 23.5 Å². The molecule has 2 N–H and O–H groups in total. The highest BCUT2D eigenvalue weighted by atomic mass is 19.1. The van der Waals surface area contributed by atoms with Crippen molar-refractivity contribution in [2.75, 3.05) is 0 Å². The number of halogens is 2. The Bertz CT molecular complexity index is 352. The molecule has 1 rings (SSSR count). The maximum Gasteiger partial charge on any atom is 0.225 e. The minimum atomic E-state index is -0.726. The van der Waals surface area contributed by atoms with Gasteiger partial charge in [0.2, 0.25) is 5.91 Å². The average Bonchev–Trinajstić information content (AvgIpc) is 2.09. The number of rotatable bonds is 3. The molecule has 0 heterocycles. The number of hydrogen-bond donors (Lipinski definition) is 1. The standard InChI is InChI=1S/C10H11F2NO/c1-2-7(10(13)14)8-4-3-6(11)5-9(8)12/h3-5,7H,2H2,1H3,(H2,13,14). The zero-order valence-corrected chi connectivity index (χ0v) is 7.76. The van der Waals surface area contributed by atoms with E-state index in [0.717, 1.165) is 12.1 Å². The molecule has 0 aliphatic carbocycles. The Balaban J connectivity index is 3.10. The van der Waals surface area contributed by atoms with Gasteiger partial charge in [-0.15, -0.1) is 0 Å². The van der Waals surface area contributed by atoms with Crippen molar-refractivity contribution in [1.82, 2.24) is 0 Å². The van der Waals surface area contributed by atoms with Crippen LogP contribution in [0.4, 0.5) is 8.78 Å². The molecule has 0 radical (unpaired) electrons. The Morgan fingerprint density at radius 3 is 2.57 bits per heavy atom. The molecule has 0 saturated heterocycles. The third-order valence-electron chi connectivity index (χ3n) is 2.09. The first kappa shape index (κ1) is 10.6. The van der Waals surface area contributed by atoms with Crippen LogP contribution in [0.2, 0.25) is 0 Å². The van der Waals surface area contributed by atoms with Gasteiger partial charge in [-0.3, -0.25) is 4.79 Å². The maximum atomic E-state index is 13.2. The summed E-state index contributed by atoms with van der Waals surface area (Å²) >= 11 is 0. The summed E-state index contributed by atoms with van der Waals surface area (Å²) in [4.78, 5) is 10.9. The van der Waals surface area contributed by atoms with Crippen molar-refractivity contribution in [2.45, 2.75) is 19.3 Å². The fourth-order valence-electron chi connectivity index (χ4n) is 1.36. The van der Waals surface area contributed by atoms with Crippen molar-refractivity contribution < 1.29 is 13.6 Å². The van der Waals surface area contributed by atoms with E-state index in [1.54, 1.807) is 6.92 Å². The van der Waals surface area contributed by atoms with Crippen molar-refractivity contribution in [1.29, 1.82) is 0 Å². The van der Waals surface area contributed by atoms with Crippen molar-refractivity contribution in [3.05, 3.63) is 35.4 Å². The number of carbonyl (C=O) groups is 1. The Morgan fingerprint density at radius 1 is 1.50 bits per heavy atom. The van der Waals surface area contributed by atoms with E-state index in [-0.39, 0.29) is 5.56 Å². The summed E-state index contributed by atoms with van der Waals surface area (Å²) in [6.07, 6.45) is 0.401. The lowest BCUT2D eigenvalue weighted by atomic mass is 9.95. The fraction of sp³-hybridized carbons (Fsp3) is 0.300. The van der Waals surface area contributed by atoms with Crippen LogP contribution in [0, 0.1) is 11.6 Å². The highest BCUT2D eigenvalue weighted by Crippen LogP contribution is 2.22. The van der Waals surface area contributed by atoms with Gasteiger partial charge in [0.25, 0.3) is 0 Å². The van der Waals surface area contributed by atoms with Gasteiger partial charge in [-0.1, -0.05) is 13.0 Å². The Labute approximate surface area is 80.7 Å². The summed E-state index contributed by atoms with van der Waals surface area (Å²) in [5, 5.41) is 0. The molecule has 1 atom stereocenters. The van der Waals surface area contributed by atoms with Gasteiger partial charge in [0, 0.05) is 11.6 Å². The smallest absolute Gasteiger partial charge is 0.225 e. The van der Waals surface area contributed by atoms with Crippen LogP contribution in [-0.4, -0.2) is 5.91 Å². The highest BCUT2D eigenvalue weighted by molar-refractivity contribution is 5.81. The normalized spacial score (nSPS) is 12.5. The molecule has 4 heteroatoms. The number of benzene rings is 1. The Hall–Kier alpha value is -1.45. The van der Waals surface area contributed by atoms with Crippen LogP contribution < -0.4 is 5.73 Å². The number of primary amides is 1. The zero-order valence-electron chi connectivity index (χ0n) is 7.76. The molecule has 0 bridgehead atoms. The van der Waals surface area contributed by atoms with Crippen LogP contribution in [0.1, 0.15) is 24.8 Å². The summed E-state index contributed by atoms with van der Waals surface area (Å²) < 4.78 is 25.8. The molecule has 1 amide bonds. The lowest BCUT2D eigenvalue weighted by Gasteiger charge is -2.11. The van der Waals surface area contributed by atoms with E-state index in [2.05, 4.69) is 0 Å². The monoisotopic (exact) mass is 199 g/mol. The molecule has 76 valence electrons. The van der Waals surface area contributed by atoms with E-state index in [1.807, 2.05) is 0 Å². The first-order valence-electron chi connectivity index (χ1n) is 4.30. The van der Waals surface area contributed by atoms with Gasteiger partial charge in [-0.25, -0.2) is 8.78 Å². The maximum absolute atomic E-state index is 13.2. The quantitative estimate of drug-likeness (QED) is 0.794. The van der Waals surface area contributed by atoms with Crippen molar-refractivity contribution in [3.63, 3.8) is 0 Å². The third-order valence-corrected chi connectivity index (χ3v) is 2.09. The highest BCUT2D eigenvalue weighted by Gasteiger charge is 2.19. The van der Waals surface area contributed by atoms with Crippen molar-refractivity contribution in [2.24, 2.45) is 5.73 Å². The van der Waals surface area contributed by atoms with Gasteiger partial charge in [0.15, 0.2) is 0 Å². The second-order valence-electron chi connectivity index (χ2n) is 3.03. The topological polar surface area (TPSA) is 43.1 Å². The predicted molar refractivity (Wildman–Crippen MR) is 48.6 cm³/mol. The largest absolute Gasteiger partial charge is 0.369 e. The van der Waals surface area contributed by atoms with E-state index in [4.69, 9.17) is 5.73 Å². The molecule has 0 saturated carbocycles. The van der Waals surface area contributed by atoms with Crippen LogP contribution in [0.15, 0.2) is 18.2 Å². The minimum Gasteiger partial charge on any atom is -0.369 e. The Morgan fingerprint density at radius 2 is 2.14 bits per heavy atom. The van der Waals surface area contributed by atoms with Gasteiger partial charge in [0.05, 0.1) is 5.92 Å². The fourth-order valence-corrected chi connectivity index (χ4v) is 1.36. The lowest BCUT2D eigenvalue weighted by Crippen LogP contribution is -2.21. The molecule has 0 aromatic heterocycles. The second-order valence-corrected chi connectivity index (χ2v) is 3.03. The van der Waals surface area contributed by atoms with E-state index >= 15 is 0 Å². The summed E-state index contributed by atoms with van der Waals surface area (Å²) in [5.41, 5.74) is 5.24. The molecule has 0 fully saturated rings. The molecule has 1 unspecified atom stereocenters. The number of hydrogen-bond acceptors (Lipinski definition) is 1. The van der Waals surface area contributed by atoms with Crippen molar-refractivity contribution >= 4 is 5.91 Å². The number of carbonyl (C=O) groups excluding carboxylic acids is 1. The SMILES string of the molecule is CCC(C(N)=O)c1ccc(F)cc1F. The molecule has 14 heavy (non-hydrogen) atoms. The first-order chi connectivity index (χ1) is 6.56. The van der Waals surface area contributed by atoms with Gasteiger partial charge in [0.1, 0.15) is 11.6 Å². The molecule has 1 aromatic carbocycles. The van der Waals surface area contributed by atoms with Crippen LogP contribution >= 0.6 is 0 Å². The average molecular weight is 199 g/mol. The molecule has 0 aliphatic heterocycles. The van der Waals surface area contributed by atoms with E-state index in [1.165, 1.54) is 6.07 Å². The predicted octanol–water partition coefficient (Wildman–Crippen LogP) is 1.94. The molecular weight excluding hydrogens is 188 g/mol. The van der Waals surface area contributed by atoms with Gasteiger partial charge >= 0.3 is 0 Å². The molecule has 2 nitrogen and oxygen atoms in total. The van der Waals surface area contributed by atoms with Crippen molar-refractivity contribution in [3.8, 4) is 0 Å². The lowest BCUT2D eigenvalue weighted by molar-refractivity contribution is -0.119. The van der Waals surface area contributed by atoms with E-state index in [9.17, 15) is 13.6 Å². The van der Waals surface area contributed by atoms with Gasteiger partial charge in [-0.05, 0) is 12.5 Å². The Kier molecular flexibility index (Phi) is 3.17. The summed E-state index contributed by atoms with van der Waals surface area (Å²) in [5.74, 6) is -2.67. The summed E-state index contributed by atoms with van der Waals surface area (Å²) in [6, 6.07) is 3.12. The number of amides is 1.